The second kappa shape index (κ2) is 9.02. The molecule has 29 heavy (non-hydrogen) atoms. The second-order valence-corrected chi connectivity index (χ2v) is 8.60. The van der Waals surface area contributed by atoms with Gasteiger partial charge in [-0.05, 0) is 56.1 Å². The van der Waals surface area contributed by atoms with E-state index in [1.54, 1.807) is 14.1 Å². The van der Waals surface area contributed by atoms with Crippen LogP contribution in [-0.2, 0) is 11.2 Å². The minimum atomic E-state index is -1.20. The van der Waals surface area contributed by atoms with Crippen LogP contribution in [0.5, 0.6) is 0 Å². The van der Waals surface area contributed by atoms with Gasteiger partial charge in [0.15, 0.2) is 11.6 Å². The van der Waals surface area contributed by atoms with Gasteiger partial charge in [-0.3, -0.25) is 9.69 Å². The Balaban J connectivity index is 1.59. The van der Waals surface area contributed by atoms with E-state index in [9.17, 15) is 23.1 Å². The average molecular weight is 413 g/mol. The zero-order valence-electron chi connectivity index (χ0n) is 17.0. The fourth-order valence-electron chi connectivity index (χ4n) is 4.86. The molecule has 8 heteroatoms. The van der Waals surface area contributed by atoms with Crippen LogP contribution in [0.2, 0.25) is 0 Å². The zero-order chi connectivity index (χ0) is 21.3. The van der Waals surface area contributed by atoms with Gasteiger partial charge >= 0.3 is 0 Å². The number of carbonyl (C=O) groups is 1. The topological polar surface area (TPSA) is 69.8 Å². The standard InChI is InChI=1S/C21H30F3N3O2/c1-26(2)20(28)5-6-21(29)27-14-3-4-15(27)8-13(7-14)19(25)10-12-9-17(23)18(24)11-16(12)22/h9,11,13-15,19,21,29H,3-8,10,25H2,1-2H3/t13?,14-,15+,19-,21?/m1/s1. The maximum atomic E-state index is 14.0. The van der Waals surface area contributed by atoms with Crippen LogP contribution in [0.15, 0.2) is 12.1 Å². The summed E-state index contributed by atoms with van der Waals surface area (Å²) in [6.07, 6.45) is 3.59. The molecule has 0 aliphatic carbocycles. The van der Waals surface area contributed by atoms with E-state index >= 15 is 0 Å². The van der Waals surface area contributed by atoms with Crippen LogP contribution in [-0.4, -0.2) is 59.3 Å². The summed E-state index contributed by atoms with van der Waals surface area (Å²) in [5.41, 5.74) is 6.42. The Labute approximate surface area is 169 Å². The Kier molecular flexibility index (Phi) is 6.86. The first-order valence-electron chi connectivity index (χ1n) is 10.2. The molecule has 1 aromatic carbocycles. The van der Waals surface area contributed by atoms with Crippen LogP contribution < -0.4 is 5.73 Å². The van der Waals surface area contributed by atoms with E-state index in [1.165, 1.54) is 4.90 Å². The maximum Gasteiger partial charge on any atom is 0.222 e. The number of aliphatic hydroxyl groups excluding tert-OH is 1. The number of rotatable bonds is 7. The van der Waals surface area contributed by atoms with Gasteiger partial charge in [0.05, 0.1) is 0 Å². The van der Waals surface area contributed by atoms with Crippen molar-refractivity contribution in [3.63, 3.8) is 0 Å². The molecular formula is C21H30F3N3O2. The van der Waals surface area contributed by atoms with Gasteiger partial charge in [0.2, 0.25) is 5.91 Å². The molecule has 162 valence electrons. The lowest BCUT2D eigenvalue weighted by atomic mass is 9.82. The van der Waals surface area contributed by atoms with Gasteiger partial charge in [0.1, 0.15) is 12.0 Å². The maximum absolute atomic E-state index is 14.0. The van der Waals surface area contributed by atoms with Crippen molar-refractivity contribution in [3.8, 4) is 0 Å². The molecule has 2 fully saturated rings. The number of hydrogen-bond donors (Lipinski definition) is 2. The van der Waals surface area contributed by atoms with E-state index in [-0.39, 0.29) is 41.9 Å². The van der Waals surface area contributed by atoms with E-state index in [4.69, 9.17) is 5.73 Å². The molecule has 2 aliphatic heterocycles. The Morgan fingerprint density at radius 1 is 1.17 bits per heavy atom. The predicted molar refractivity (Wildman–Crippen MR) is 103 cm³/mol. The van der Waals surface area contributed by atoms with Crippen LogP contribution in [0.4, 0.5) is 13.2 Å². The molecule has 2 bridgehead atoms. The highest BCUT2D eigenvalue weighted by molar-refractivity contribution is 5.75. The van der Waals surface area contributed by atoms with Gasteiger partial charge in [-0.1, -0.05) is 0 Å². The highest BCUT2D eigenvalue weighted by Gasteiger charge is 2.44. The summed E-state index contributed by atoms with van der Waals surface area (Å²) in [7, 11) is 3.39. The third-order valence-electron chi connectivity index (χ3n) is 6.44. The number of benzene rings is 1. The first kappa shape index (κ1) is 22.1. The van der Waals surface area contributed by atoms with Crippen LogP contribution >= 0.6 is 0 Å². The largest absolute Gasteiger partial charge is 0.378 e. The molecule has 1 aromatic rings. The van der Waals surface area contributed by atoms with Crippen molar-refractivity contribution >= 4 is 5.91 Å². The van der Waals surface area contributed by atoms with E-state index < -0.39 is 23.7 Å². The fraction of sp³-hybridized carbons (Fsp3) is 0.667. The Hall–Kier alpha value is -1.64. The Morgan fingerprint density at radius 3 is 2.34 bits per heavy atom. The van der Waals surface area contributed by atoms with E-state index in [1.807, 2.05) is 0 Å². The van der Waals surface area contributed by atoms with Gasteiger partial charge in [-0.25, -0.2) is 13.2 Å². The lowest BCUT2D eigenvalue weighted by Gasteiger charge is -2.43. The summed E-state index contributed by atoms with van der Waals surface area (Å²) in [6, 6.07) is 1.43. The number of halogens is 3. The van der Waals surface area contributed by atoms with Crippen LogP contribution in [0, 0.1) is 23.4 Å². The van der Waals surface area contributed by atoms with Gasteiger partial charge in [0, 0.05) is 44.7 Å². The Bertz CT molecular complexity index is 732. The number of fused-ring (bicyclic) bond motifs is 2. The van der Waals surface area contributed by atoms with Crippen molar-refractivity contribution < 1.29 is 23.1 Å². The number of hydrogen-bond acceptors (Lipinski definition) is 4. The molecule has 2 heterocycles. The molecule has 5 atom stereocenters. The van der Waals surface area contributed by atoms with E-state index in [0.717, 1.165) is 31.7 Å². The quantitative estimate of drug-likeness (QED) is 0.674. The molecule has 3 rings (SSSR count). The molecular weight excluding hydrogens is 383 g/mol. The molecule has 2 aliphatic rings. The summed E-state index contributed by atoms with van der Waals surface area (Å²) in [5.74, 6) is -2.94. The van der Waals surface area contributed by atoms with Crippen molar-refractivity contribution in [2.45, 2.75) is 69.3 Å². The van der Waals surface area contributed by atoms with E-state index in [2.05, 4.69) is 4.90 Å². The molecule has 0 radical (unpaired) electrons. The molecule has 1 amide bonds. The third-order valence-corrected chi connectivity index (χ3v) is 6.44. The van der Waals surface area contributed by atoms with Gasteiger partial charge in [-0.15, -0.1) is 0 Å². The molecule has 0 aromatic heterocycles. The summed E-state index contributed by atoms with van der Waals surface area (Å²) in [5, 5.41) is 10.6. The molecule has 2 saturated heterocycles. The first-order chi connectivity index (χ1) is 13.7. The summed E-state index contributed by atoms with van der Waals surface area (Å²) < 4.78 is 40.6. The van der Waals surface area contributed by atoms with Crippen LogP contribution in [0.3, 0.4) is 0 Å². The minimum Gasteiger partial charge on any atom is -0.378 e. The molecule has 3 N–H and O–H groups in total. The number of nitrogens with two attached hydrogens (primary N) is 1. The van der Waals surface area contributed by atoms with Crippen LogP contribution in [0.1, 0.15) is 44.1 Å². The monoisotopic (exact) mass is 413 g/mol. The van der Waals surface area contributed by atoms with Crippen LogP contribution in [0.25, 0.3) is 0 Å². The zero-order valence-corrected chi connectivity index (χ0v) is 17.0. The lowest BCUT2D eigenvalue weighted by molar-refractivity contribution is -0.131. The van der Waals surface area contributed by atoms with Crippen molar-refractivity contribution in [2.24, 2.45) is 11.7 Å². The first-order valence-corrected chi connectivity index (χ1v) is 10.2. The summed E-state index contributed by atoms with van der Waals surface area (Å²) >= 11 is 0. The van der Waals surface area contributed by atoms with Crippen molar-refractivity contribution in [2.75, 3.05) is 14.1 Å². The SMILES string of the molecule is CN(C)C(=O)CCC(O)N1[C@@H]2CC[C@H]1CC([C@H](N)Cc1cc(F)c(F)cc1F)C2. The van der Waals surface area contributed by atoms with Crippen molar-refractivity contribution in [1.29, 1.82) is 0 Å². The highest BCUT2D eigenvalue weighted by atomic mass is 19.2. The predicted octanol–water partition coefficient (Wildman–Crippen LogP) is 2.40. The number of piperidine rings is 1. The number of carbonyl (C=O) groups excluding carboxylic acids is 1. The molecule has 5 nitrogen and oxygen atoms in total. The van der Waals surface area contributed by atoms with Gasteiger partial charge in [0.25, 0.3) is 0 Å². The van der Waals surface area contributed by atoms with Crippen molar-refractivity contribution in [1.82, 2.24) is 9.80 Å². The normalized spacial score (nSPS) is 26.4. The van der Waals surface area contributed by atoms with Gasteiger partial charge < -0.3 is 15.7 Å². The molecule has 0 saturated carbocycles. The second-order valence-electron chi connectivity index (χ2n) is 8.60. The highest BCUT2D eigenvalue weighted by Crippen LogP contribution is 2.41. The summed E-state index contributed by atoms with van der Waals surface area (Å²) in [4.78, 5) is 15.4. The van der Waals surface area contributed by atoms with E-state index in [0.29, 0.717) is 18.9 Å². The minimum absolute atomic E-state index is 0.0122. The summed E-state index contributed by atoms with van der Waals surface area (Å²) in [6.45, 7) is 0. The molecule has 2 unspecified atom stereocenters. The van der Waals surface area contributed by atoms with Crippen molar-refractivity contribution in [3.05, 3.63) is 35.1 Å². The average Bonchev–Trinajstić information content (AvgIpc) is 2.93. The number of aliphatic hydroxyl groups is 1. The lowest BCUT2D eigenvalue weighted by Crippen LogP contribution is -2.52. The number of nitrogens with zero attached hydrogens (tertiary/aromatic N) is 2. The fourth-order valence-corrected chi connectivity index (χ4v) is 4.86. The Morgan fingerprint density at radius 2 is 1.76 bits per heavy atom. The number of amides is 1. The molecule has 0 spiro atoms. The van der Waals surface area contributed by atoms with Gasteiger partial charge in [-0.2, -0.15) is 0 Å². The smallest absolute Gasteiger partial charge is 0.222 e. The third kappa shape index (κ3) is 4.92.